The maximum atomic E-state index is 11.9. The molecule has 19 heavy (non-hydrogen) atoms. The second kappa shape index (κ2) is 7.88. The Bertz CT molecular complexity index is 268. The Morgan fingerprint density at radius 1 is 1.26 bits per heavy atom. The predicted octanol–water partition coefficient (Wildman–Crippen LogP) is 2.71. The zero-order valence-corrected chi connectivity index (χ0v) is 12.4. The van der Waals surface area contributed by atoms with Crippen molar-refractivity contribution < 1.29 is 4.79 Å². The monoisotopic (exact) mass is 266 g/mol. The molecule has 1 aliphatic carbocycles. The summed E-state index contributed by atoms with van der Waals surface area (Å²) >= 11 is 0. The van der Waals surface area contributed by atoms with E-state index in [1.165, 1.54) is 38.5 Å². The standard InChI is InChI=1S/C16H30N2O/c1-13(15-5-3-2-4-6-15)11-16(19)18-10-8-14-7-9-17-12-14/h13-15,17H,2-12H2,1H3,(H,18,19). The van der Waals surface area contributed by atoms with E-state index in [0.29, 0.717) is 5.92 Å². The molecule has 3 heteroatoms. The van der Waals surface area contributed by atoms with Gasteiger partial charge in [-0.15, -0.1) is 0 Å². The minimum absolute atomic E-state index is 0.268. The molecular formula is C16H30N2O. The maximum absolute atomic E-state index is 11.9. The van der Waals surface area contributed by atoms with Gasteiger partial charge in [0.15, 0.2) is 0 Å². The number of carbonyl (C=O) groups is 1. The minimum Gasteiger partial charge on any atom is -0.356 e. The van der Waals surface area contributed by atoms with Crippen LogP contribution in [0.5, 0.6) is 0 Å². The Kier molecular flexibility index (Phi) is 6.15. The molecule has 2 fully saturated rings. The van der Waals surface area contributed by atoms with Crippen molar-refractivity contribution in [2.24, 2.45) is 17.8 Å². The van der Waals surface area contributed by atoms with Crippen molar-refractivity contribution in [2.45, 2.75) is 58.3 Å². The van der Waals surface area contributed by atoms with E-state index >= 15 is 0 Å². The first-order chi connectivity index (χ1) is 9.25. The van der Waals surface area contributed by atoms with Crippen LogP contribution in [0.4, 0.5) is 0 Å². The van der Waals surface area contributed by atoms with Crippen LogP contribution < -0.4 is 10.6 Å². The normalized spacial score (nSPS) is 26.3. The third-order valence-electron chi connectivity index (χ3n) is 5.00. The van der Waals surface area contributed by atoms with Crippen LogP contribution in [0.2, 0.25) is 0 Å². The van der Waals surface area contributed by atoms with E-state index in [9.17, 15) is 4.79 Å². The smallest absolute Gasteiger partial charge is 0.220 e. The van der Waals surface area contributed by atoms with E-state index in [-0.39, 0.29) is 5.91 Å². The Labute approximate surface area is 117 Å². The van der Waals surface area contributed by atoms with Gasteiger partial charge in [-0.2, -0.15) is 0 Å². The highest BCUT2D eigenvalue weighted by Crippen LogP contribution is 2.31. The molecule has 1 saturated heterocycles. The molecule has 1 aliphatic heterocycles. The highest BCUT2D eigenvalue weighted by atomic mass is 16.1. The third-order valence-corrected chi connectivity index (χ3v) is 5.00. The van der Waals surface area contributed by atoms with Gasteiger partial charge in [-0.1, -0.05) is 39.0 Å². The zero-order chi connectivity index (χ0) is 13.5. The largest absolute Gasteiger partial charge is 0.356 e. The van der Waals surface area contributed by atoms with Crippen LogP contribution in [-0.4, -0.2) is 25.5 Å². The summed E-state index contributed by atoms with van der Waals surface area (Å²) in [7, 11) is 0. The van der Waals surface area contributed by atoms with E-state index in [1.54, 1.807) is 0 Å². The molecule has 1 heterocycles. The van der Waals surface area contributed by atoms with E-state index < -0.39 is 0 Å². The predicted molar refractivity (Wildman–Crippen MR) is 79.0 cm³/mol. The van der Waals surface area contributed by atoms with Crippen LogP contribution in [0.25, 0.3) is 0 Å². The topological polar surface area (TPSA) is 41.1 Å². The molecule has 110 valence electrons. The van der Waals surface area contributed by atoms with Crippen molar-refractivity contribution >= 4 is 5.91 Å². The number of nitrogens with one attached hydrogen (secondary N) is 2. The van der Waals surface area contributed by atoms with E-state index in [0.717, 1.165) is 44.3 Å². The molecule has 1 saturated carbocycles. The van der Waals surface area contributed by atoms with Gasteiger partial charge in [0.25, 0.3) is 0 Å². The summed E-state index contributed by atoms with van der Waals surface area (Å²) < 4.78 is 0. The van der Waals surface area contributed by atoms with Gasteiger partial charge in [-0.05, 0) is 43.7 Å². The fourth-order valence-electron chi connectivity index (χ4n) is 3.61. The summed E-state index contributed by atoms with van der Waals surface area (Å²) in [6.07, 6.45) is 9.93. The van der Waals surface area contributed by atoms with Gasteiger partial charge in [0.2, 0.25) is 5.91 Å². The first-order valence-electron chi connectivity index (χ1n) is 8.23. The van der Waals surface area contributed by atoms with Crippen LogP contribution in [0.15, 0.2) is 0 Å². The molecule has 0 radical (unpaired) electrons. The Hall–Kier alpha value is -0.570. The molecule has 3 nitrogen and oxygen atoms in total. The number of rotatable bonds is 6. The average Bonchev–Trinajstić information content (AvgIpc) is 2.93. The first kappa shape index (κ1) is 14.8. The molecule has 0 bridgehead atoms. The van der Waals surface area contributed by atoms with Gasteiger partial charge < -0.3 is 10.6 Å². The maximum Gasteiger partial charge on any atom is 0.220 e. The minimum atomic E-state index is 0.268. The Balaban J connectivity index is 1.57. The molecule has 2 rings (SSSR count). The summed E-state index contributed by atoms with van der Waals surface area (Å²) in [5.74, 6) is 2.40. The van der Waals surface area contributed by atoms with Crippen LogP contribution >= 0.6 is 0 Å². The van der Waals surface area contributed by atoms with Crippen molar-refractivity contribution in [1.82, 2.24) is 10.6 Å². The Morgan fingerprint density at radius 3 is 2.74 bits per heavy atom. The van der Waals surface area contributed by atoms with E-state index in [4.69, 9.17) is 0 Å². The molecule has 0 spiro atoms. The lowest BCUT2D eigenvalue weighted by Gasteiger charge is -2.27. The summed E-state index contributed by atoms with van der Waals surface area (Å²) in [5, 5.41) is 6.49. The molecular weight excluding hydrogens is 236 g/mol. The molecule has 0 aromatic carbocycles. The fourth-order valence-corrected chi connectivity index (χ4v) is 3.61. The van der Waals surface area contributed by atoms with E-state index in [2.05, 4.69) is 17.6 Å². The first-order valence-corrected chi connectivity index (χ1v) is 8.23. The van der Waals surface area contributed by atoms with Crippen molar-refractivity contribution in [2.75, 3.05) is 19.6 Å². The second-order valence-corrected chi connectivity index (χ2v) is 6.58. The molecule has 0 aromatic rings. The molecule has 2 N–H and O–H groups in total. The van der Waals surface area contributed by atoms with Crippen molar-refractivity contribution in [3.63, 3.8) is 0 Å². The molecule has 2 unspecified atom stereocenters. The fraction of sp³-hybridized carbons (Fsp3) is 0.938. The van der Waals surface area contributed by atoms with Gasteiger partial charge in [-0.25, -0.2) is 0 Å². The second-order valence-electron chi connectivity index (χ2n) is 6.58. The van der Waals surface area contributed by atoms with Gasteiger partial charge in [0.1, 0.15) is 0 Å². The highest BCUT2D eigenvalue weighted by Gasteiger charge is 2.22. The van der Waals surface area contributed by atoms with Gasteiger partial charge >= 0.3 is 0 Å². The van der Waals surface area contributed by atoms with Crippen LogP contribution in [0.1, 0.15) is 58.3 Å². The summed E-state index contributed by atoms with van der Waals surface area (Å²) in [4.78, 5) is 11.9. The zero-order valence-electron chi connectivity index (χ0n) is 12.4. The summed E-state index contributed by atoms with van der Waals surface area (Å²) in [6, 6.07) is 0. The molecule has 1 amide bonds. The van der Waals surface area contributed by atoms with Gasteiger partial charge in [-0.3, -0.25) is 4.79 Å². The van der Waals surface area contributed by atoms with Crippen LogP contribution in [0, 0.1) is 17.8 Å². The molecule has 2 aliphatic rings. The van der Waals surface area contributed by atoms with Crippen molar-refractivity contribution in [3.8, 4) is 0 Å². The lowest BCUT2D eigenvalue weighted by molar-refractivity contribution is -0.122. The highest BCUT2D eigenvalue weighted by molar-refractivity contribution is 5.76. The number of amides is 1. The lowest BCUT2D eigenvalue weighted by Crippen LogP contribution is -2.29. The SMILES string of the molecule is CC(CC(=O)NCCC1CCNC1)C1CCCCC1. The van der Waals surface area contributed by atoms with Gasteiger partial charge in [0.05, 0.1) is 0 Å². The van der Waals surface area contributed by atoms with Crippen LogP contribution in [0.3, 0.4) is 0 Å². The quantitative estimate of drug-likeness (QED) is 0.776. The molecule has 0 aromatic heterocycles. The van der Waals surface area contributed by atoms with Crippen molar-refractivity contribution in [1.29, 1.82) is 0 Å². The molecule has 2 atom stereocenters. The van der Waals surface area contributed by atoms with Gasteiger partial charge in [0, 0.05) is 13.0 Å². The van der Waals surface area contributed by atoms with Crippen LogP contribution in [-0.2, 0) is 4.79 Å². The Morgan fingerprint density at radius 2 is 2.05 bits per heavy atom. The number of carbonyl (C=O) groups excluding carboxylic acids is 1. The van der Waals surface area contributed by atoms with E-state index in [1.807, 2.05) is 0 Å². The summed E-state index contributed by atoms with van der Waals surface area (Å²) in [5.41, 5.74) is 0. The number of hydrogen-bond acceptors (Lipinski definition) is 2. The lowest BCUT2D eigenvalue weighted by atomic mass is 9.79. The van der Waals surface area contributed by atoms with Crippen molar-refractivity contribution in [3.05, 3.63) is 0 Å². The number of hydrogen-bond donors (Lipinski definition) is 2. The average molecular weight is 266 g/mol. The third kappa shape index (κ3) is 5.13. The summed E-state index contributed by atoms with van der Waals surface area (Å²) in [6.45, 7) is 5.41.